The van der Waals surface area contributed by atoms with E-state index in [1.54, 1.807) is 6.20 Å². The van der Waals surface area contributed by atoms with Crippen LogP contribution in [0, 0.1) is 0 Å². The highest BCUT2D eigenvalue weighted by atomic mass is 16.1. The summed E-state index contributed by atoms with van der Waals surface area (Å²) in [7, 11) is 0. The van der Waals surface area contributed by atoms with Crippen LogP contribution in [-0.2, 0) is 0 Å². The minimum Gasteiger partial charge on any atom is -0.366 e. The van der Waals surface area contributed by atoms with Crippen LogP contribution in [0.2, 0.25) is 0 Å². The lowest BCUT2D eigenvalue weighted by molar-refractivity contribution is 0.100. The van der Waals surface area contributed by atoms with Gasteiger partial charge in [0.25, 0.3) is 0 Å². The number of aromatic nitrogens is 3. The Morgan fingerprint density at radius 3 is 2.17 bits per heavy atom. The number of hydrogen-bond acceptors (Lipinski definition) is 3. The van der Waals surface area contributed by atoms with Gasteiger partial charge >= 0.3 is 0 Å². The molecule has 2 aromatic carbocycles. The van der Waals surface area contributed by atoms with Crippen molar-refractivity contribution in [2.45, 2.75) is 0 Å². The maximum absolute atomic E-state index is 12.2. The average molecular weight is 314 g/mol. The maximum Gasteiger partial charge on any atom is 0.250 e. The predicted octanol–water partition coefficient (Wildman–Crippen LogP) is 3.39. The van der Waals surface area contributed by atoms with Gasteiger partial charge in [-0.2, -0.15) is 5.10 Å². The highest BCUT2D eigenvalue weighted by Gasteiger charge is 2.22. The van der Waals surface area contributed by atoms with Crippen LogP contribution in [-0.4, -0.2) is 21.1 Å². The van der Waals surface area contributed by atoms with Crippen LogP contribution in [0.4, 0.5) is 0 Å². The van der Waals surface area contributed by atoms with E-state index in [0.29, 0.717) is 22.3 Å². The number of fused-ring (bicyclic) bond motifs is 1. The number of rotatable bonds is 3. The molecule has 4 aromatic rings. The summed E-state index contributed by atoms with van der Waals surface area (Å²) in [5.41, 5.74) is 9.92. The Hall–Kier alpha value is -3.47. The molecule has 0 saturated heterocycles. The third-order valence-corrected chi connectivity index (χ3v) is 3.96. The van der Waals surface area contributed by atoms with Crippen LogP contribution in [0.25, 0.3) is 33.4 Å². The molecule has 4 rings (SSSR count). The number of nitrogens with two attached hydrogens (primary N) is 1. The van der Waals surface area contributed by atoms with Crippen molar-refractivity contribution in [1.29, 1.82) is 0 Å². The SMILES string of the molecule is NC(=O)c1c(-c2ccccc2)c(-c2ccccc2)nc2[nH]ncc12. The lowest BCUT2D eigenvalue weighted by Crippen LogP contribution is -2.14. The highest BCUT2D eigenvalue weighted by molar-refractivity contribution is 6.12. The quantitative estimate of drug-likeness (QED) is 0.608. The lowest BCUT2D eigenvalue weighted by atomic mass is 9.93. The van der Waals surface area contributed by atoms with Crippen molar-refractivity contribution in [3.05, 3.63) is 72.4 Å². The monoisotopic (exact) mass is 314 g/mol. The Balaban J connectivity index is 2.16. The summed E-state index contributed by atoms with van der Waals surface area (Å²) in [6.07, 6.45) is 1.59. The van der Waals surface area contributed by atoms with Gasteiger partial charge in [0.05, 0.1) is 22.8 Å². The van der Waals surface area contributed by atoms with Crippen molar-refractivity contribution in [2.75, 3.05) is 0 Å². The Morgan fingerprint density at radius 2 is 1.54 bits per heavy atom. The summed E-state index contributed by atoms with van der Waals surface area (Å²) in [4.78, 5) is 16.9. The van der Waals surface area contributed by atoms with Crippen molar-refractivity contribution >= 4 is 16.9 Å². The van der Waals surface area contributed by atoms with Crippen LogP contribution in [0.15, 0.2) is 66.9 Å². The van der Waals surface area contributed by atoms with E-state index in [1.807, 2.05) is 60.7 Å². The van der Waals surface area contributed by atoms with Crippen LogP contribution in [0.3, 0.4) is 0 Å². The Morgan fingerprint density at radius 1 is 0.917 bits per heavy atom. The van der Waals surface area contributed by atoms with Gasteiger partial charge in [0.2, 0.25) is 5.91 Å². The second kappa shape index (κ2) is 5.62. The minimum atomic E-state index is -0.500. The molecule has 5 heteroatoms. The number of nitrogens with zero attached hydrogens (tertiary/aromatic N) is 2. The molecule has 0 bridgehead atoms. The number of pyridine rings is 1. The summed E-state index contributed by atoms with van der Waals surface area (Å²) in [6, 6.07) is 19.4. The van der Waals surface area contributed by atoms with Gasteiger partial charge < -0.3 is 5.73 Å². The number of nitrogens with one attached hydrogen (secondary N) is 1. The summed E-state index contributed by atoms with van der Waals surface area (Å²) in [5, 5.41) is 7.48. The third kappa shape index (κ3) is 2.23. The Bertz CT molecular complexity index is 1020. The van der Waals surface area contributed by atoms with E-state index in [1.165, 1.54) is 0 Å². The molecule has 0 aliphatic rings. The van der Waals surface area contributed by atoms with Crippen LogP contribution < -0.4 is 5.73 Å². The highest BCUT2D eigenvalue weighted by Crippen LogP contribution is 2.36. The number of amides is 1. The van der Waals surface area contributed by atoms with Gasteiger partial charge in [-0.1, -0.05) is 60.7 Å². The average Bonchev–Trinajstić information content (AvgIpc) is 3.09. The first-order chi connectivity index (χ1) is 11.8. The fourth-order valence-corrected chi connectivity index (χ4v) is 2.92. The zero-order valence-electron chi connectivity index (χ0n) is 12.7. The summed E-state index contributed by atoms with van der Waals surface area (Å²) >= 11 is 0. The van der Waals surface area contributed by atoms with E-state index >= 15 is 0 Å². The van der Waals surface area contributed by atoms with Crippen molar-refractivity contribution in [1.82, 2.24) is 15.2 Å². The fraction of sp³-hybridized carbons (Fsp3) is 0. The predicted molar refractivity (Wildman–Crippen MR) is 93.3 cm³/mol. The molecule has 0 unspecified atom stereocenters. The molecule has 0 atom stereocenters. The molecule has 5 nitrogen and oxygen atoms in total. The van der Waals surface area contributed by atoms with Gasteiger partial charge in [-0.3, -0.25) is 9.89 Å². The van der Waals surface area contributed by atoms with E-state index in [-0.39, 0.29) is 0 Å². The molecular weight excluding hydrogens is 300 g/mol. The van der Waals surface area contributed by atoms with Crippen LogP contribution in [0.1, 0.15) is 10.4 Å². The number of H-pyrrole nitrogens is 1. The number of carbonyl (C=O) groups is 1. The summed E-state index contributed by atoms with van der Waals surface area (Å²) < 4.78 is 0. The number of carbonyl (C=O) groups excluding carboxylic acids is 1. The van der Waals surface area contributed by atoms with Crippen molar-refractivity contribution in [3.8, 4) is 22.4 Å². The zero-order chi connectivity index (χ0) is 16.5. The van der Waals surface area contributed by atoms with Crippen LogP contribution >= 0.6 is 0 Å². The standard InChI is InChI=1S/C19H14N4O/c20-18(24)16-14-11-21-23-19(14)22-17(13-9-5-2-6-10-13)15(16)12-7-3-1-4-8-12/h1-11H,(H2,20,24)(H,21,22,23). The third-order valence-electron chi connectivity index (χ3n) is 3.96. The van der Waals surface area contributed by atoms with Gasteiger partial charge in [0.1, 0.15) is 0 Å². The molecule has 1 amide bonds. The van der Waals surface area contributed by atoms with Gasteiger partial charge in [0.15, 0.2) is 5.65 Å². The van der Waals surface area contributed by atoms with Crippen LogP contribution in [0.5, 0.6) is 0 Å². The van der Waals surface area contributed by atoms with Crippen molar-refractivity contribution < 1.29 is 4.79 Å². The van der Waals surface area contributed by atoms with Gasteiger partial charge in [-0.05, 0) is 5.56 Å². The van der Waals surface area contributed by atoms with E-state index in [0.717, 1.165) is 16.7 Å². The molecule has 0 radical (unpaired) electrons. The number of benzene rings is 2. The molecule has 0 saturated carbocycles. The molecule has 0 spiro atoms. The largest absolute Gasteiger partial charge is 0.366 e. The second-order valence-corrected chi connectivity index (χ2v) is 5.44. The van der Waals surface area contributed by atoms with Crippen molar-refractivity contribution in [2.24, 2.45) is 5.73 Å². The molecule has 2 aromatic heterocycles. The first-order valence-electron chi connectivity index (χ1n) is 7.53. The van der Waals surface area contributed by atoms with E-state index in [4.69, 9.17) is 10.7 Å². The molecule has 0 aliphatic carbocycles. The topological polar surface area (TPSA) is 84.7 Å². The van der Waals surface area contributed by atoms with E-state index in [9.17, 15) is 4.79 Å². The van der Waals surface area contributed by atoms with Gasteiger partial charge in [0, 0.05) is 11.1 Å². The minimum absolute atomic E-state index is 0.429. The van der Waals surface area contributed by atoms with E-state index < -0.39 is 5.91 Å². The molecule has 0 aliphatic heterocycles. The Kier molecular flexibility index (Phi) is 3.31. The molecule has 2 heterocycles. The first-order valence-corrected chi connectivity index (χ1v) is 7.53. The summed E-state index contributed by atoms with van der Waals surface area (Å²) in [5.74, 6) is -0.500. The molecular formula is C19H14N4O. The molecule has 116 valence electrons. The second-order valence-electron chi connectivity index (χ2n) is 5.44. The summed E-state index contributed by atoms with van der Waals surface area (Å²) in [6.45, 7) is 0. The van der Waals surface area contributed by atoms with E-state index in [2.05, 4.69) is 10.2 Å². The molecule has 24 heavy (non-hydrogen) atoms. The van der Waals surface area contributed by atoms with Gasteiger partial charge in [-0.15, -0.1) is 0 Å². The Labute approximate surface area is 138 Å². The number of hydrogen-bond donors (Lipinski definition) is 2. The normalized spacial score (nSPS) is 10.8. The number of primary amides is 1. The number of aromatic amines is 1. The first kappa shape index (κ1) is 14.1. The fourth-order valence-electron chi connectivity index (χ4n) is 2.92. The maximum atomic E-state index is 12.2. The smallest absolute Gasteiger partial charge is 0.250 e. The zero-order valence-corrected chi connectivity index (χ0v) is 12.7. The molecule has 3 N–H and O–H groups in total. The lowest BCUT2D eigenvalue weighted by Gasteiger charge is -2.14. The van der Waals surface area contributed by atoms with Gasteiger partial charge in [-0.25, -0.2) is 4.98 Å². The molecule has 0 fully saturated rings. The van der Waals surface area contributed by atoms with Crippen molar-refractivity contribution in [3.63, 3.8) is 0 Å².